The fourth-order valence-electron chi connectivity index (χ4n) is 5.43. The van der Waals surface area contributed by atoms with Crippen molar-refractivity contribution >= 4 is 11.7 Å². The number of amides is 1. The molecule has 2 fully saturated rings. The summed E-state index contributed by atoms with van der Waals surface area (Å²) in [6, 6.07) is 14.5. The molecule has 5 rings (SSSR count). The van der Waals surface area contributed by atoms with Crippen LogP contribution in [0.4, 0.5) is 0 Å². The zero-order chi connectivity index (χ0) is 22.9. The molecule has 2 bridgehead atoms. The van der Waals surface area contributed by atoms with Crippen LogP contribution in [0.1, 0.15) is 47.2 Å². The van der Waals surface area contributed by atoms with Gasteiger partial charge >= 0.3 is 0 Å². The van der Waals surface area contributed by atoms with Gasteiger partial charge < -0.3 is 10.0 Å². The van der Waals surface area contributed by atoms with E-state index in [1.807, 2.05) is 36.1 Å². The first-order valence-electron chi connectivity index (χ1n) is 11.5. The van der Waals surface area contributed by atoms with Crippen LogP contribution in [0, 0.1) is 12.8 Å². The second-order valence-electron chi connectivity index (χ2n) is 9.09. The number of para-hydroxylation sites is 1. The number of aromatic nitrogens is 2. The normalized spacial score (nSPS) is 21.7. The maximum atomic E-state index is 13.9. The minimum Gasteiger partial charge on any atom is -0.508 e. The Morgan fingerprint density at radius 3 is 2.55 bits per heavy atom. The minimum absolute atomic E-state index is 0.0475. The Kier molecular flexibility index (Phi) is 5.67. The van der Waals surface area contributed by atoms with Gasteiger partial charge in [-0.25, -0.2) is 9.97 Å². The molecule has 2 aromatic carbocycles. The molecule has 3 heterocycles. The van der Waals surface area contributed by atoms with E-state index < -0.39 is 0 Å². The predicted octanol–water partition coefficient (Wildman–Crippen LogP) is 4.35. The first-order chi connectivity index (χ1) is 16.0. The number of phenolic OH excluding ortho intramolecular Hbond substituents is 1. The smallest absolute Gasteiger partial charge is 0.255 e. The van der Waals surface area contributed by atoms with Gasteiger partial charge in [0.15, 0.2) is 5.82 Å². The molecule has 0 spiro atoms. The van der Waals surface area contributed by atoms with Crippen LogP contribution in [-0.4, -0.2) is 43.7 Å². The Hall–Kier alpha value is -3.54. The largest absolute Gasteiger partial charge is 0.508 e. The lowest BCUT2D eigenvalue weighted by Gasteiger charge is -2.40. The van der Waals surface area contributed by atoms with Crippen molar-refractivity contribution in [2.75, 3.05) is 0 Å². The first kappa shape index (κ1) is 21.3. The highest BCUT2D eigenvalue weighted by atomic mass is 16.3. The number of ketones is 1. The zero-order valence-corrected chi connectivity index (χ0v) is 18.6. The lowest BCUT2D eigenvalue weighted by Crippen LogP contribution is -2.50. The Labute approximate surface area is 193 Å². The Bertz CT molecular complexity index is 1190. The van der Waals surface area contributed by atoms with Crippen LogP contribution in [0.3, 0.4) is 0 Å². The van der Waals surface area contributed by atoms with E-state index in [0.717, 1.165) is 31.2 Å². The molecular formula is C27H27N3O3. The Morgan fingerprint density at radius 2 is 1.76 bits per heavy atom. The summed E-state index contributed by atoms with van der Waals surface area (Å²) in [5.41, 5.74) is 2.94. The molecule has 168 valence electrons. The van der Waals surface area contributed by atoms with E-state index >= 15 is 0 Å². The maximum absolute atomic E-state index is 13.9. The van der Waals surface area contributed by atoms with Crippen LogP contribution < -0.4 is 0 Å². The van der Waals surface area contributed by atoms with Gasteiger partial charge in [0.1, 0.15) is 11.5 Å². The molecule has 2 aliphatic rings. The number of carbonyl (C=O) groups is 2. The van der Waals surface area contributed by atoms with Gasteiger partial charge in [0, 0.05) is 47.9 Å². The molecule has 1 aromatic heterocycles. The summed E-state index contributed by atoms with van der Waals surface area (Å²) < 4.78 is 0. The SMILES string of the molecule is Cc1ccc(-c2ncccn2)c(C(=O)N2C3CCC(C(=O)Cc4ccccc4O)C2CC3)c1. The number of benzene rings is 2. The molecule has 3 unspecified atom stereocenters. The van der Waals surface area contributed by atoms with Crippen molar-refractivity contribution in [3.05, 3.63) is 77.6 Å². The molecule has 2 saturated heterocycles. The lowest BCUT2D eigenvalue weighted by atomic mass is 9.83. The zero-order valence-electron chi connectivity index (χ0n) is 18.6. The summed E-state index contributed by atoms with van der Waals surface area (Å²) in [4.78, 5) is 37.9. The standard InChI is InChI=1S/C27H27N3O3/c1-17-7-10-20(26-28-13-4-14-29-26)22(15-17)27(33)30-19-8-11-21(23(30)12-9-19)25(32)16-18-5-2-3-6-24(18)31/h2-7,10,13-15,19,21,23,31H,8-9,11-12,16H2,1H3. The van der Waals surface area contributed by atoms with Gasteiger partial charge in [0.25, 0.3) is 5.91 Å². The van der Waals surface area contributed by atoms with Crippen LogP contribution in [0.25, 0.3) is 11.4 Å². The van der Waals surface area contributed by atoms with E-state index in [0.29, 0.717) is 22.5 Å². The van der Waals surface area contributed by atoms with Gasteiger partial charge in [-0.2, -0.15) is 0 Å². The number of hydrogen-bond acceptors (Lipinski definition) is 5. The summed E-state index contributed by atoms with van der Waals surface area (Å²) in [6.45, 7) is 1.97. The molecule has 1 N–H and O–H groups in total. The van der Waals surface area contributed by atoms with E-state index in [2.05, 4.69) is 9.97 Å². The third-order valence-corrected chi connectivity index (χ3v) is 7.04. The molecule has 6 nitrogen and oxygen atoms in total. The van der Waals surface area contributed by atoms with Crippen LogP contribution in [0.15, 0.2) is 60.9 Å². The molecule has 3 atom stereocenters. The maximum Gasteiger partial charge on any atom is 0.255 e. The average Bonchev–Trinajstić information content (AvgIpc) is 3.12. The van der Waals surface area contributed by atoms with E-state index in [-0.39, 0.29) is 41.9 Å². The van der Waals surface area contributed by atoms with Gasteiger partial charge in [-0.1, -0.05) is 35.9 Å². The fourth-order valence-corrected chi connectivity index (χ4v) is 5.43. The van der Waals surface area contributed by atoms with Gasteiger partial charge in [-0.15, -0.1) is 0 Å². The number of phenols is 1. The molecule has 6 heteroatoms. The number of carbonyl (C=O) groups excluding carboxylic acids is 2. The number of piperidine rings is 1. The van der Waals surface area contributed by atoms with Gasteiger partial charge in [0.05, 0.1) is 5.56 Å². The molecule has 2 aliphatic heterocycles. The van der Waals surface area contributed by atoms with Crippen LogP contribution in [0.2, 0.25) is 0 Å². The number of hydrogen-bond donors (Lipinski definition) is 1. The third kappa shape index (κ3) is 4.01. The average molecular weight is 442 g/mol. The number of aromatic hydroxyl groups is 1. The summed E-state index contributed by atoms with van der Waals surface area (Å²) >= 11 is 0. The molecular weight excluding hydrogens is 414 g/mol. The summed E-state index contributed by atoms with van der Waals surface area (Å²) in [7, 11) is 0. The summed E-state index contributed by atoms with van der Waals surface area (Å²) in [5, 5.41) is 10.1. The monoisotopic (exact) mass is 441 g/mol. The second kappa shape index (κ2) is 8.77. The first-order valence-corrected chi connectivity index (χ1v) is 11.5. The van der Waals surface area contributed by atoms with Crippen molar-refractivity contribution in [1.82, 2.24) is 14.9 Å². The quantitative estimate of drug-likeness (QED) is 0.636. The fraction of sp³-hybridized carbons (Fsp3) is 0.333. The highest BCUT2D eigenvalue weighted by molar-refractivity contribution is 6.01. The number of Topliss-reactive ketones (excluding diaryl/α,β-unsaturated/α-hetero) is 1. The van der Waals surface area contributed by atoms with Crippen LogP contribution in [0.5, 0.6) is 5.75 Å². The van der Waals surface area contributed by atoms with Crippen molar-refractivity contribution in [1.29, 1.82) is 0 Å². The van der Waals surface area contributed by atoms with Crippen molar-refractivity contribution in [2.24, 2.45) is 5.92 Å². The molecule has 3 aromatic rings. The molecule has 0 saturated carbocycles. The second-order valence-corrected chi connectivity index (χ2v) is 9.09. The summed E-state index contributed by atoms with van der Waals surface area (Å²) in [6.07, 6.45) is 6.89. The van der Waals surface area contributed by atoms with Crippen molar-refractivity contribution in [2.45, 2.75) is 51.1 Å². The minimum atomic E-state index is -0.214. The lowest BCUT2D eigenvalue weighted by molar-refractivity contribution is -0.125. The van der Waals surface area contributed by atoms with Crippen LogP contribution in [-0.2, 0) is 11.2 Å². The molecule has 33 heavy (non-hydrogen) atoms. The van der Waals surface area contributed by atoms with Gasteiger partial charge in [-0.05, 0) is 50.8 Å². The van der Waals surface area contributed by atoms with Gasteiger partial charge in [-0.3, -0.25) is 9.59 Å². The Morgan fingerprint density at radius 1 is 1.00 bits per heavy atom. The van der Waals surface area contributed by atoms with E-state index in [1.165, 1.54) is 0 Å². The van der Waals surface area contributed by atoms with E-state index in [1.54, 1.807) is 36.7 Å². The molecule has 0 radical (unpaired) electrons. The van der Waals surface area contributed by atoms with Crippen molar-refractivity contribution < 1.29 is 14.7 Å². The van der Waals surface area contributed by atoms with E-state index in [4.69, 9.17) is 0 Å². The van der Waals surface area contributed by atoms with E-state index in [9.17, 15) is 14.7 Å². The summed E-state index contributed by atoms with van der Waals surface area (Å²) in [5.74, 6) is 0.501. The Balaban J connectivity index is 1.44. The number of rotatable bonds is 5. The molecule has 0 aliphatic carbocycles. The van der Waals surface area contributed by atoms with Crippen molar-refractivity contribution in [3.63, 3.8) is 0 Å². The highest BCUT2D eigenvalue weighted by Crippen LogP contribution is 2.42. The van der Waals surface area contributed by atoms with Gasteiger partial charge in [0.2, 0.25) is 0 Å². The topological polar surface area (TPSA) is 83.4 Å². The van der Waals surface area contributed by atoms with Crippen molar-refractivity contribution in [3.8, 4) is 17.1 Å². The molecule has 1 amide bonds. The number of nitrogens with zero attached hydrogens (tertiary/aromatic N) is 3. The predicted molar refractivity (Wildman–Crippen MR) is 125 cm³/mol. The third-order valence-electron chi connectivity index (χ3n) is 7.04. The highest BCUT2D eigenvalue weighted by Gasteiger charge is 2.47. The number of aryl methyl sites for hydroxylation is 1. The van der Waals surface area contributed by atoms with Crippen LogP contribution >= 0.6 is 0 Å². The number of fused-ring (bicyclic) bond motifs is 2.